The number of rotatable bonds is 8. The molecule has 0 radical (unpaired) electrons. The molecule has 0 aliphatic heterocycles. The van der Waals surface area contributed by atoms with Gasteiger partial charge in [0.2, 0.25) is 5.91 Å². The second-order valence-electron chi connectivity index (χ2n) is 6.08. The molecule has 0 aromatic heterocycles. The lowest BCUT2D eigenvalue weighted by Crippen LogP contribution is -2.35. The van der Waals surface area contributed by atoms with E-state index in [9.17, 15) is 4.79 Å². The summed E-state index contributed by atoms with van der Waals surface area (Å²) in [6.07, 6.45) is 5.46. The molecule has 1 unspecified atom stereocenters. The van der Waals surface area contributed by atoms with Gasteiger partial charge in [-0.3, -0.25) is 4.79 Å². The first-order chi connectivity index (χ1) is 8.01. The van der Waals surface area contributed by atoms with Gasteiger partial charge in [-0.05, 0) is 44.1 Å². The molecule has 3 N–H and O–H groups in total. The molecule has 0 saturated heterocycles. The molecule has 0 bridgehead atoms. The van der Waals surface area contributed by atoms with E-state index in [0.29, 0.717) is 30.8 Å². The van der Waals surface area contributed by atoms with Crippen molar-refractivity contribution in [2.24, 2.45) is 23.5 Å². The standard InChI is InChI=1S/C14H28N2O/c1-10(2)6-13(9-15)8-14(17)16-11(3)7-12-4-5-12/h10-13H,4-9,15H2,1-3H3,(H,16,17)/t11?,13-/m0/s1. The summed E-state index contributed by atoms with van der Waals surface area (Å²) in [7, 11) is 0. The molecular formula is C14H28N2O. The molecule has 1 saturated carbocycles. The first-order valence-corrected chi connectivity index (χ1v) is 7.00. The molecule has 1 aliphatic carbocycles. The molecule has 0 aromatic rings. The monoisotopic (exact) mass is 240 g/mol. The number of amides is 1. The lowest BCUT2D eigenvalue weighted by atomic mass is 9.94. The molecule has 0 aromatic carbocycles. The SMILES string of the molecule is CC(C)C[C@H](CN)CC(=O)NC(C)CC1CC1. The zero-order chi connectivity index (χ0) is 12.8. The van der Waals surface area contributed by atoms with Crippen LogP contribution in [0.2, 0.25) is 0 Å². The average molecular weight is 240 g/mol. The summed E-state index contributed by atoms with van der Waals surface area (Å²) >= 11 is 0. The van der Waals surface area contributed by atoms with Gasteiger partial charge >= 0.3 is 0 Å². The van der Waals surface area contributed by atoms with Gasteiger partial charge in [0, 0.05) is 12.5 Å². The van der Waals surface area contributed by atoms with Crippen molar-refractivity contribution in [3.05, 3.63) is 0 Å². The Morgan fingerprint density at radius 2 is 2.00 bits per heavy atom. The quantitative estimate of drug-likeness (QED) is 0.684. The van der Waals surface area contributed by atoms with Crippen molar-refractivity contribution in [1.29, 1.82) is 0 Å². The Balaban J connectivity index is 2.20. The van der Waals surface area contributed by atoms with Crippen molar-refractivity contribution in [3.8, 4) is 0 Å². The predicted octanol–water partition coefficient (Wildman–Crippen LogP) is 2.30. The molecule has 0 heterocycles. The van der Waals surface area contributed by atoms with Crippen LogP contribution < -0.4 is 11.1 Å². The van der Waals surface area contributed by atoms with Crippen molar-refractivity contribution < 1.29 is 4.79 Å². The molecule has 100 valence electrons. The molecule has 1 aliphatic rings. The van der Waals surface area contributed by atoms with Crippen LogP contribution in [0.1, 0.15) is 52.9 Å². The van der Waals surface area contributed by atoms with Gasteiger partial charge in [-0.1, -0.05) is 26.7 Å². The van der Waals surface area contributed by atoms with Crippen LogP contribution in [-0.4, -0.2) is 18.5 Å². The first kappa shape index (κ1) is 14.5. The number of hydrogen-bond donors (Lipinski definition) is 2. The van der Waals surface area contributed by atoms with Crippen LogP contribution in [0.5, 0.6) is 0 Å². The Labute approximate surface area is 106 Å². The highest BCUT2D eigenvalue weighted by Gasteiger charge is 2.24. The molecule has 3 heteroatoms. The Hall–Kier alpha value is -0.570. The Kier molecular flexibility index (Phi) is 5.96. The maximum atomic E-state index is 11.8. The largest absolute Gasteiger partial charge is 0.354 e. The zero-order valence-electron chi connectivity index (χ0n) is 11.5. The number of carbonyl (C=O) groups excluding carboxylic acids is 1. The van der Waals surface area contributed by atoms with E-state index in [1.54, 1.807) is 0 Å². The van der Waals surface area contributed by atoms with Crippen molar-refractivity contribution in [2.75, 3.05) is 6.54 Å². The first-order valence-electron chi connectivity index (χ1n) is 7.00. The molecular weight excluding hydrogens is 212 g/mol. The summed E-state index contributed by atoms with van der Waals surface area (Å²) in [6, 6.07) is 0.326. The van der Waals surface area contributed by atoms with Gasteiger partial charge < -0.3 is 11.1 Å². The third-order valence-electron chi connectivity index (χ3n) is 3.40. The molecule has 1 rings (SSSR count). The second kappa shape index (κ2) is 7.00. The highest BCUT2D eigenvalue weighted by atomic mass is 16.1. The number of nitrogens with one attached hydrogen (secondary N) is 1. The van der Waals surface area contributed by atoms with E-state index in [1.165, 1.54) is 12.8 Å². The third-order valence-corrected chi connectivity index (χ3v) is 3.40. The zero-order valence-corrected chi connectivity index (χ0v) is 11.5. The maximum Gasteiger partial charge on any atom is 0.220 e. The Morgan fingerprint density at radius 3 is 2.47 bits per heavy atom. The van der Waals surface area contributed by atoms with Crippen LogP contribution in [-0.2, 0) is 4.79 Å². The minimum atomic E-state index is 0.175. The van der Waals surface area contributed by atoms with Crippen LogP contribution in [0.3, 0.4) is 0 Å². The van der Waals surface area contributed by atoms with Gasteiger partial charge in [0.15, 0.2) is 0 Å². The minimum Gasteiger partial charge on any atom is -0.354 e. The molecule has 17 heavy (non-hydrogen) atoms. The normalized spacial score (nSPS) is 19.1. The minimum absolute atomic E-state index is 0.175. The summed E-state index contributed by atoms with van der Waals surface area (Å²) in [5.74, 6) is 1.99. The Bertz CT molecular complexity index is 236. The van der Waals surface area contributed by atoms with E-state index in [0.717, 1.165) is 18.8 Å². The lowest BCUT2D eigenvalue weighted by molar-refractivity contribution is -0.122. The van der Waals surface area contributed by atoms with Gasteiger partial charge in [-0.2, -0.15) is 0 Å². The van der Waals surface area contributed by atoms with E-state index in [2.05, 4.69) is 26.1 Å². The van der Waals surface area contributed by atoms with E-state index >= 15 is 0 Å². The second-order valence-corrected chi connectivity index (χ2v) is 6.08. The summed E-state index contributed by atoms with van der Waals surface area (Å²) in [5, 5.41) is 3.09. The molecule has 0 spiro atoms. The summed E-state index contributed by atoms with van der Waals surface area (Å²) in [4.78, 5) is 11.8. The lowest BCUT2D eigenvalue weighted by Gasteiger charge is -2.19. The van der Waals surface area contributed by atoms with Crippen molar-refractivity contribution in [3.63, 3.8) is 0 Å². The molecule has 2 atom stereocenters. The summed E-state index contributed by atoms with van der Waals surface area (Å²) in [5.41, 5.74) is 5.71. The van der Waals surface area contributed by atoms with Crippen LogP contribution >= 0.6 is 0 Å². The summed E-state index contributed by atoms with van der Waals surface area (Å²) in [6.45, 7) is 7.07. The van der Waals surface area contributed by atoms with Gasteiger partial charge in [-0.25, -0.2) is 0 Å². The van der Waals surface area contributed by atoms with Crippen LogP contribution in [0, 0.1) is 17.8 Å². The highest BCUT2D eigenvalue weighted by molar-refractivity contribution is 5.76. The predicted molar refractivity (Wildman–Crippen MR) is 71.6 cm³/mol. The van der Waals surface area contributed by atoms with Crippen LogP contribution in [0.15, 0.2) is 0 Å². The topological polar surface area (TPSA) is 55.1 Å². The molecule has 1 amide bonds. The van der Waals surface area contributed by atoms with E-state index < -0.39 is 0 Å². The van der Waals surface area contributed by atoms with Crippen molar-refractivity contribution >= 4 is 5.91 Å². The Morgan fingerprint density at radius 1 is 1.35 bits per heavy atom. The third kappa shape index (κ3) is 6.67. The van der Waals surface area contributed by atoms with Gasteiger partial charge in [0.05, 0.1) is 0 Å². The van der Waals surface area contributed by atoms with Gasteiger partial charge in [0.1, 0.15) is 0 Å². The van der Waals surface area contributed by atoms with Crippen molar-refractivity contribution in [2.45, 2.75) is 58.9 Å². The van der Waals surface area contributed by atoms with Gasteiger partial charge in [-0.15, -0.1) is 0 Å². The number of hydrogen-bond acceptors (Lipinski definition) is 2. The fourth-order valence-corrected chi connectivity index (χ4v) is 2.44. The number of carbonyl (C=O) groups is 1. The molecule has 3 nitrogen and oxygen atoms in total. The van der Waals surface area contributed by atoms with Crippen LogP contribution in [0.4, 0.5) is 0 Å². The van der Waals surface area contributed by atoms with E-state index in [4.69, 9.17) is 5.73 Å². The maximum absolute atomic E-state index is 11.8. The average Bonchev–Trinajstić information content (AvgIpc) is 2.99. The highest BCUT2D eigenvalue weighted by Crippen LogP contribution is 2.33. The fraction of sp³-hybridized carbons (Fsp3) is 0.929. The number of nitrogens with two attached hydrogens (primary N) is 1. The van der Waals surface area contributed by atoms with Crippen LogP contribution in [0.25, 0.3) is 0 Å². The fourth-order valence-electron chi connectivity index (χ4n) is 2.44. The summed E-state index contributed by atoms with van der Waals surface area (Å²) < 4.78 is 0. The van der Waals surface area contributed by atoms with Gasteiger partial charge in [0.25, 0.3) is 0 Å². The smallest absolute Gasteiger partial charge is 0.220 e. The van der Waals surface area contributed by atoms with Crippen molar-refractivity contribution in [1.82, 2.24) is 5.32 Å². The van der Waals surface area contributed by atoms with E-state index in [1.807, 2.05) is 0 Å². The van der Waals surface area contributed by atoms with E-state index in [-0.39, 0.29) is 5.91 Å². The molecule has 1 fully saturated rings.